The van der Waals surface area contributed by atoms with Gasteiger partial charge in [-0.3, -0.25) is 0 Å². The Morgan fingerprint density at radius 1 is 1.20 bits per heavy atom. The zero-order valence-electron chi connectivity index (χ0n) is 9.22. The molecule has 0 aliphatic carbocycles. The van der Waals surface area contributed by atoms with E-state index in [9.17, 15) is 9.90 Å². The molecule has 0 saturated heterocycles. The fraction of sp³-hybridized carbons (Fsp3) is 0.417. The van der Waals surface area contributed by atoms with Gasteiger partial charge < -0.3 is 9.90 Å². The molecular weight excluding hydrogens is 212 g/mol. The molecule has 82 valence electrons. The Kier molecular flexibility index (Phi) is 3.75. The van der Waals surface area contributed by atoms with E-state index >= 15 is 0 Å². The normalized spacial score (nSPS) is 10.4. The van der Waals surface area contributed by atoms with Crippen molar-refractivity contribution in [2.45, 2.75) is 33.6 Å². The summed E-state index contributed by atoms with van der Waals surface area (Å²) in [5.41, 5.74) is 3.36. The van der Waals surface area contributed by atoms with Crippen LogP contribution in [0.4, 0.5) is 0 Å². The van der Waals surface area contributed by atoms with Crippen LogP contribution in [0.1, 0.15) is 28.7 Å². The number of rotatable bonds is 3. The molecule has 0 amide bonds. The third-order valence-corrected chi connectivity index (χ3v) is 3.39. The first-order valence-corrected chi connectivity index (χ1v) is 5.29. The molecule has 0 aromatic heterocycles. The number of halogens is 1. The van der Waals surface area contributed by atoms with Gasteiger partial charge in [0.25, 0.3) is 0 Å². The van der Waals surface area contributed by atoms with Gasteiger partial charge in [0.15, 0.2) is 0 Å². The maximum Gasteiger partial charge on any atom is 0.122 e. The number of hydrogen-bond donors (Lipinski definition) is 1. The van der Waals surface area contributed by atoms with Crippen LogP contribution in [0, 0.1) is 20.8 Å². The molecule has 15 heavy (non-hydrogen) atoms. The van der Waals surface area contributed by atoms with Crippen LogP contribution >= 0.6 is 11.6 Å². The highest BCUT2D eigenvalue weighted by atomic mass is 35.5. The molecule has 3 heteroatoms. The van der Waals surface area contributed by atoms with Crippen molar-refractivity contribution in [2.24, 2.45) is 0 Å². The summed E-state index contributed by atoms with van der Waals surface area (Å²) in [4.78, 5) is 10.3. The number of phenolic OH excluding ortho intramolecular Hbond substituents is 1. The highest BCUT2D eigenvalue weighted by Gasteiger charge is 2.14. The molecule has 1 N–H and O–H groups in total. The van der Waals surface area contributed by atoms with Crippen LogP contribution in [0.15, 0.2) is 0 Å². The topological polar surface area (TPSA) is 37.3 Å². The highest BCUT2D eigenvalue weighted by Crippen LogP contribution is 2.35. The molecule has 0 aliphatic heterocycles. The van der Waals surface area contributed by atoms with E-state index in [0.717, 1.165) is 28.5 Å². The number of carbonyl (C=O) groups excluding carboxylic acids is 1. The Hall–Kier alpha value is -1.02. The molecule has 0 saturated carbocycles. The molecule has 1 aromatic carbocycles. The van der Waals surface area contributed by atoms with Crippen LogP contribution in [0.2, 0.25) is 5.02 Å². The second kappa shape index (κ2) is 4.67. The largest absolute Gasteiger partial charge is 0.507 e. The molecule has 0 aliphatic rings. The summed E-state index contributed by atoms with van der Waals surface area (Å²) in [6, 6.07) is 0. The summed E-state index contributed by atoms with van der Waals surface area (Å²) in [5, 5.41) is 10.6. The predicted octanol–water partition coefficient (Wildman–Crippen LogP) is 3.10. The lowest BCUT2D eigenvalue weighted by Gasteiger charge is -2.15. The Balaban J connectivity index is 3.31. The van der Waals surface area contributed by atoms with Crippen molar-refractivity contribution < 1.29 is 9.90 Å². The lowest BCUT2D eigenvalue weighted by molar-refractivity contribution is -0.107. The van der Waals surface area contributed by atoms with Gasteiger partial charge in [-0.05, 0) is 49.4 Å². The zero-order valence-corrected chi connectivity index (χ0v) is 9.98. The molecule has 0 spiro atoms. The van der Waals surface area contributed by atoms with Crippen molar-refractivity contribution in [3.63, 3.8) is 0 Å². The van der Waals surface area contributed by atoms with E-state index in [0.29, 0.717) is 17.9 Å². The molecular formula is C12H15ClO2. The summed E-state index contributed by atoms with van der Waals surface area (Å²) in [6.45, 7) is 5.59. The van der Waals surface area contributed by atoms with Gasteiger partial charge in [-0.15, -0.1) is 0 Å². The van der Waals surface area contributed by atoms with E-state index in [1.807, 2.05) is 20.8 Å². The van der Waals surface area contributed by atoms with E-state index in [2.05, 4.69) is 0 Å². The van der Waals surface area contributed by atoms with Gasteiger partial charge in [0.1, 0.15) is 12.0 Å². The van der Waals surface area contributed by atoms with Crippen LogP contribution in [0.5, 0.6) is 5.75 Å². The summed E-state index contributed by atoms with van der Waals surface area (Å²) < 4.78 is 0. The first-order valence-electron chi connectivity index (χ1n) is 4.91. The quantitative estimate of drug-likeness (QED) is 0.805. The predicted molar refractivity (Wildman–Crippen MR) is 61.7 cm³/mol. The molecule has 0 radical (unpaired) electrons. The first-order chi connectivity index (χ1) is 7.00. The molecule has 0 unspecified atom stereocenters. The first kappa shape index (κ1) is 12.1. The van der Waals surface area contributed by atoms with Crippen LogP contribution in [-0.2, 0) is 11.2 Å². The van der Waals surface area contributed by atoms with Gasteiger partial charge in [-0.2, -0.15) is 0 Å². The Morgan fingerprint density at radius 2 is 1.80 bits per heavy atom. The maximum absolute atomic E-state index is 10.3. The van der Waals surface area contributed by atoms with Crippen molar-refractivity contribution in [2.75, 3.05) is 0 Å². The molecule has 1 rings (SSSR count). The van der Waals surface area contributed by atoms with Gasteiger partial charge in [0.2, 0.25) is 0 Å². The van der Waals surface area contributed by atoms with Crippen LogP contribution in [-0.4, -0.2) is 11.4 Å². The van der Waals surface area contributed by atoms with Crippen molar-refractivity contribution in [1.82, 2.24) is 0 Å². The fourth-order valence-electron chi connectivity index (χ4n) is 1.67. The average molecular weight is 227 g/mol. The summed E-state index contributed by atoms with van der Waals surface area (Å²) in [5.74, 6) is 0.274. The smallest absolute Gasteiger partial charge is 0.122 e. The van der Waals surface area contributed by atoms with Crippen molar-refractivity contribution in [3.8, 4) is 5.75 Å². The Morgan fingerprint density at radius 3 is 2.33 bits per heavy atom. The van der Waals surface area contributed by atoms with E-state index in [-0.39, 0.29) is 5.75 Å². The van der Waals surface area contributed by atoms with Crippen LogP contribution in [0.3, 0.4) is 0 Å². The number of benzene rings is 1. The van der Waals surface area contributed by atoms with E-state index in [4.69, 9.17) is 11.6 Å². The lowest BCUT2D eigenvalue weighted by Crippen LogP contribution is -1.97. The minimum absolute atomic E-state index is 0.274. The molecule has 0 fully saturated rings. The number of aromatic hydroxyl groups is 1. The number of aldehydes is 1. The van der Waals surface area contributed by atoms with E-state index < -0.39 is 0 Å². The molecule has 0 heterocycles. The summed E-state index contributed by atoms with van der Waals surface area (Å²) in [6.07, 6.45) is 1.80. The average Bonchev–Trinajstić information content (AvgIpc) is 2.24. The monoisotopic (exact) mass is 226 g/mol. The molecule has 0 atom stereocenters. The van der Waals surface area contributed by atoms with E-state index in [1.54, 1.807) is 0 Å². The molecule has 1 aromatic rings. The Labute approximate surface area is 94.9 Å². The second-order valence-electron chi connectivity index (χ2n) is 3.72. The van der Waals surface area contributed by atoms with Crippen molar-refractivity contribution in [3.05, 3.63) is 27.3 Å². The zero-order chi connectivity index (χ0) is 11.6. The summed E-state index contributed by atoms with van der Waals surface area (Å²) in [7, 11) is 0. The number of phenols is 1. The third kappa shape index (κ3) is 2.15. The standard InChI is InChI=1S/C12H15ClO2/c1-7-8(2)12(15)10(5-4-6-14)9(3)11(7)13/h6,15H,4-5H2,1-3H3. The maximum atomic E-state index is 10.3. The number of carbonyl (C=O) groups is 1. The molecule has 0 bridgehead atoms. The van der Waals surface area contributed by atoms with Gasteiger partial charge in [0.05, 0.1) is 0 Å². The number of hydrogen-bond acceptors (Lipinski definition) is 2. The fourth-order valence-corrected chi connectivity index (χ4v) is 1.92. The van der Waals surface area contributed by atoms with Crippen molar-refractivity contribution in [1.29, 1.82) is 0 Å². The SMILES string of the molecule is Cc1c(C)c(Cl)c(C)c(CCC=O)c1O. The molecule has 2 nitrogen and oxygen atoms in total. The highest BCUT2D eigenvalue weighted by molar-refractivity contribution is 6.32. The second-order valence-corrected chi connectivity index (χ2v) is 4.10. The lowest BCUT2D eigenvalue weighted by atomic mass is 9.96. The van der Waals surface area contributed by atoms with Crippen LogP contribution in [0.25, 0.3) is 0 Å². The van der Waals surface area contributed by atoms with Gasteiger partial charge in [-0.25, -0.2) is 0 Å². The van der Waals surface area contributed by atoms with E-state index in [1.165, 1.54) is 0 Å². The summed E-state index contributed by atoms with van der Waals surface area (Å²) >= 11 is 6.14. The van der Waals surface area contributed by atoms with Gasteiger partial charge >= 0.3 is 0 Å². The van der Waals surface area contributed by atoms with Gasteiger partial charge in [-0.1, -0.05) is 11.6 Å². The third-order valence-electron chi connectivity index (χ3n) is 2.83. The van der Waals surface area contributed by atoms with Crippen LogP contribution < -0.4 is 0 Å². The van der Waals surface area contributed by atoms with Gasteiger partial charge in [0, 0.05) is 11.4 Å². The Bertz CT molecular complexity index is 368. The van der Waals surface area contributed by atoms with Crippen molar-refractivity contribution >= 4 is 17.9 Å². The minimum Gasteiger partial charge on any atom is -0.507 e. The minimum atomic E-state index is 0.274.